The summed E-state index contributed by atoms with van der Waals surface area (Å²) in [6.45, 7) is 4.67. The standard InChI is InChI=1S/C16H22N2O3/c1-11-3-6-14(12(2)7-11)17-15(19)9-18(10-16(20)21)8-13-4-5-13/h3,6-7,13H,4-5,8-10H2,1-2H3,(H,17,19)(H,20,21). The molecule has 1 saturated carbocycles. The van der Waals surface area contributed by atoms with Crippen LogP contribution in [-0.4, -0.2) is 41.5 Å². The summed E-state index contributed by atoms with van der Waals surface area (Å²) in [7, 11) is 0. The Morgan fingerprint density at radius 2 is 2.00 bits per heavy atom. The lowest BCUT2D eigenvalue weighted by Gasteiger charge is -2.19. The maximum Gasteiger partial charge on any atom is 0.317 e. The molecular formula is C16H22N2O3. The van der Waals surface area contributed by atoms with Crippen LogP contribution in [0.4, 0.5) is 5.69 Å². The van der Waals surface area contributed by atoms with Crippen molar-refractivity contribution in [2.45, 2.75) is 26.7 Å². The molecule has 1 aromatic rings. The molecule has 0 bridgehead atoms. The molecule has 21 heavy (non-hydrogen) atoms. The van der Waals surface area contributed by atoms with Gasteiger partial charge in [-0.3, -0.25) is 14.5 Å². The summed E-state index contributed by atoms with van der Waals surface area (Å²) in [6, 6.07) is 5.83. The van der Waals surface area contributed by atoms with E-state index in [0.29, 0.717) is 12.5 Å². The molecule has 0 unspecified atom stereocenters. The zero-order chi connectivity index (χ0) is 15.4. The summed E-state index contributed by atoms with van der Waals surface area (Å²) < 4.78 is 0. The lowest BCUT2D eigenvalue weighted by Crippen LogP contribution is -2.38. The first-order valence-electron chi connectivity index (χ1n) is 7.25. The molecular weight excluding hydrogens is 268 g/mol. The van der Waals surface area contributed by atoms with Gasteiger partial charge in [-0.25, -0.2) is 0 Å². The van der Waals surface area contributed by atoms with E-state index in [9.17, 15) is 9.59 Å². The van der Waals surface area contributed by atoms with E-state index >= 15 is 0 Å². The number of hydrogen-bond acceptors (Lipinski definition) is 3. The lowest BCUT2D eigenvalue weighted by atomic mass is 10.1. The molecule has 0 aromatic heterocycles. The number of hydrogen-bond donors (Lipinski definition) is 2. The van der Waals surface area contributed by atoms with E-state index < -0.39 is 5.97 Å². The largest absolute Gasteiger partial charge is 0.480 e. The highest BCUT2D eigenvalue weighted by Crippen LogP contribution is 2.29. The van der Waals surface area contributed by atoms with Gasteiger partial charge in [-0.1, -0.05) is 17.7 Å². The molecule has 114 valence electrons. The molecule has 0 aliphatic heterocycles. The minimum Gasteiger partial charge on any atom is -0.480 e. The van der Waals surface area contributed by atoms with Gasteiger partial charge in [0.05, 0.1) is 13.1 Å². The monoisotopic (exact) mass is 290 g/mol. The van der Waals surface area contributed by atoms with Crippen LogP contribution < -0.4 is 5.32 Å². The summed E-state index contributed by atoms with van der Waals surface area (Å²) >= 11 is 0. The fourth-order valence-electron chi connectivity index (χ4n) is 2.39. The Morgan fingerprint density at radius 3 is 2.57 bits per heavy atom. The van der Waals surface area contributed by atoms with Gasteiger partial charge in [0.25, 0.3) is 0 Å². The molecule has 1 amide bonds. The zero-order valence-corrected chi connectivity index (χ0v) is 12.6. The Morgan fingerprint density at radius 1 is 1.29 bits per heavy atom. The molecule has 5 nitrogen and oxygen atoms in total. The van der Waals surface area contributed by atoms with Gasteiger partial charge in [-0.15, -0.1) is 0 Å². The van der Waals surface area contributed by atoms with E-state index in [4.69, 9.17) is 5.11 Å². The zero-order valence-electron chi connectivity index (χ0n) is 12.6. The van der Waals surface area contributed by atoms with Crippen molar-refractivity contribution in [2.24, 2.45) is 5.92 Å². The number of nitrogens with zero attached hydrogens (tertiary/aromatic N) is 1. The molecule has 1 aliphatic rings. The predicted octanol–water partition coefficient (Wildman–Crippen LogP) is 2.04. The Balaban J connectivity index is 1.92. The van der Waals surface area contributed by atoms with Gasteiger partial charge >= 0.3 is 5.97 Å². The van der Waals surface area contributed by atoms with Crippen molar-refractivity contribution >= 4 is 17.6 Å². The summed E-state index contributed by atoms with van der Waals surface area (Å²) in [5.41, 5.74) is 2.94. The second-order valence-electron chi connectivity index (χ2n) is 5.87. The number of carboxylic acids is 1. The number of amides is 1. The smallest absolute Gasteiger partial charge is 0.317 e. The van der Waals surface area contributed by atoms with Crippen LogP contribution in [0, 0.1) is 19.8 Å². The quantitative estimate of drug-likeness (QED) is 0.806. The summed E-state index contributed by atoms with van der Waals surface area (Å²) in [4.78, 5) is 24.7. The van der Waals surface area contributed by atoms with Crippen LogP contribution in [-0.2, 0) is 9.59 Å². The van der Waals surface area contributed by atoms with Gasteiger partial charge < -0.3 is 10.4 Å². The molecule has 0 saturated heterocycles. The van der Waals surface area contributed by atoms with Crippen LogP contribution in [0.1, 0.15) is 24.0 Å². The lowest BCUT2D eigenvalue weighted by molar-refractivity contribution is -0.138. The van der Waals surface area contributed by atoms with Crippen molar-refractivity contribution < 1.29 is 14.7 Å². The van der Waals surface area contributed by atoms with E-state index in [0.717, 1.165) is 29.7 Å². The Kier molecular flexibility index (Phi) is 4.96. The summed E-state index contributed by atoms with van der Waals surface area (Å²) in [5.74, 6) is -0.503. The van der Waals surface area contributed by atoms with Gasteiger partial charge in [-0.05, 0) is 44.2 Å². The third-order valence-electron chi connectivity index (χ3n) is 3.60. The van der Waals surface area contributed by atoms with Crippen molar-refractivity contribution in [2.75, 3.05) is 25.0 Å². The predicted molar refractivity (Wildman–Crippen MR) is 81.3 cm³/mol. The molecule has 1 aromatic carbocycles. The van der Waals surface area contributed by atoms with Crippen LogP contribution in [0.15, 0.2) is 18.2 Å². The minimum absolute atomic E-state index is 0.0865. The van der Waals surface area contributed by atoms with Gasteiger partial charge in [0.1, 0.15) is 0 Å². The molecule has 0 spiro atoms. The molecule has 0 atom stereocenters. The summed E-state index contributed by atoms with van der Waals surface area (Å²) in [6.07, 6.45) is 2.27. The topological polar surface area (TPSA) is 69.6 Å². The number of carboxylic acid groups (broad SMARTS) is 1. The van der Waals surface area contributed by atoms with Crippen molar-refractivity contribution in [3.8, 4) is 0 Å². The minimum atomic E-state index is -0.894. The first-order chi connectivity index (χ1) is 9.94. The van der Waals surface area contributed by atoms with Gasteiger partial charge in [0.2, 0.25) is 5.91 Å². The number of aliphatic carboxylic acids is 1. The van der Waals surface area contributed by atoms with Gasteiger partial charge in [-0.2, -0.15) is 0 Å². The van der Waals surface area contributed by atoms with E-state index in [-0.39, 0.29) is 19.0 Å². The van der Waals surface area contributed by atoms with Crippen molar-refractivity contribution in [1.29, 1.82) is 0 Å². The molecule has 5 heteroatoms. The van der Waals surface area contributed by atoms with Crippen LogP contribution in [0.5, 0.6) is 0 Å². The molecule has 0 heterocycles. The molecule has 2 rings (SSSR count). The maximum absolute atomic E-state index is 12.1. The number of anilines is 1. The first kappa shape index (κ1) is 15.5. The second kappa shape index (κ2) is 6.72. The van der Waals surface area contributed by atoms with Crippen LogP contribution in [0.3, 0.4) is 0 Å². The van der Waals surface area contributed by atoms with Crippen LogP contribution in [0.2, 0.25) is 0 Å². The fourth-order valence-corrected chi connectivity index (χ4v) is 2.39. The number of nitrogens with one attached hydrogen (secondary N) is 1. The third-order valence-corrected chi connectivity index (χ3v) is 3.60. The average molecular weight is 290 g/mol. The molecule has 1 aliphatic carbocycles. The van der Waals surface area contributed by atoms with E-state index in [2.05, 4.69) is 5.32 Å². The number of carbonyl (C=O) groups excluding carboxylic acids is 1. The fraction of sp³-hybridized carbons (Fsp3) is 0.500. The Bertz CT molecular complexity index is 538. The molecule has 1 fully saturated rings. The Hall–Kier alpha value is -1.88. The highest BCUT2D eigenvalue weighted by molar-refractivity contribution is 5.93. The van der Waals surface area contributed by atoms with E-state index in [1.165, 1.54) is 0 Å². The number of aryl methyl sites for hydroxylation is 2. The second-order valence-corrected chi connectivity index (χ2v) is 5.87. The van der Waals surface area contributed by atoms with Crippen LogP contribution >= 0.6 is 0 Å². The Labute approximate surface area is 125 Å². The van der Waals surface area contributed by atoms with E-state index in [1.807, 2.05) is 32.0 Å². The van der Waals surface area contributed by atoms with Crippen molar-refractivity contribution in [3.63, 3.8) is 0 Å². The number of rotatable bonds is 7. The maximum atomic E-state index is 12.1. The number of benzene rings is 1. The third kappa shape index (κ3) is 5.19. The highest BCUT2D eigenvalue weighted by Gasteiger charge is 2.26. The van der Waals surface area contributed by atoms with Crippen molar-refractivity contribution in [1.82, 2.24) is 4.90 Å². The van der Waals surface area contributed by atoms with E-state index in [1.54, 1.807) is 4.90 Å². The normalized spacial score (nSPS) is 14.2. The van der Waals surface area contributed by atoms with Gasteiger partial charge in [0, 0.05) is 12.2 Å². The number of carbonyl (C=O) groups is 2. The SMILES string of the molecule is Cc1ccc(NC(=O)CN(CC(=O)O)CC2CC2)c(C)c1. The van der Waals surface area contributed by atoms with Gasteiger partial charge in [0.15, 0.2) is 0 Å². The average Bonchev–Trinajstić information content (AvgIpc) is 3.15. The molecule has 0 radical (unpaired) electrons. The first-order valence-corrected chi connectivity index (χ1v) is 7.25. The highest BCUT2D eigenvalue weighted by atomic mass is 16.4. The van der Waals surface area contributed by atoms with Crippen LogP contribution in [0.25, 0.3) is 0 Å². The summed E-state index contributed by atoms with van der Waals surface area (Å²) in [5, 5.41) is 11.8. The van der Waals surface area contributed by atoms with Crippen molar-refractivity contribution in [3.05, 3.63) is 29.3 Å². The molecule has 2 N–H and O–H groups in total.